The Labute approximate surface area is 104 Å². The third kappa shape index (κ3) is 2.09. The average Bonchev–Trinajstić information content (AvgIpc) is 2.68. The van der Waals surface area contributed by atoms with Gasteiger partial charge in [0.2, 0.25) is 0 Å². The molecule has 2 rings (SSSR count). The van der Waals surface area contributed by atoms with E-state index in [1.54, 1.807) is 42.9 Å². The molecule has 0 aliphatic heterocycles. The number of nitroso groups, excluding NO2 is 1. The van der Waals surface area contributed by atoms with Crippen LogP contribution in [0.4, 0.5) is 0 Å². The fourth-order valence-electron chi connectivity index (χ4n) is 1.89. The Bertz CT molecular complexity index is 616. The lowest BCUT2D eigenvalue weighted by Gasteiger charge is -2.16. The maximum Gasteiger partial charge on any atom is 0.250 e. The summed E-state index contributed by atoms with van der Waals surface area (Å²) in [6.07, 6.45) is 3.25. The Kier molecular flexibility index (Phi) is 2.86. The van der Waals surface area contributed by atoms with Crippen molar-refractivity contribution >= 4 is 16.9 Å². The molecule has 6 heteroatoms. The molecule has 0 atom stereocenters. The third-order valence-corrected chi connectivity index (χ3v) is 2.70. The van der Waals surface area contributed by atoms with Gasteiger partial charge in [0.25, 0.3) is 5.91 Å². The Morgan fingerprint density at radius 1 is 1.56 bits per heavy atom. The Morgan fingerprint density at radius 2 is 2.28 bits per heavy atom. The Hall–Kier alpha value is -2.24. The SMILES string of the molecule is CC(C)(Cn1cc(C(N)=O)c2cccnc21)N=O. The molecule has 0 unspecified atom stereocenters. The van der Waals surface area contributed by atoms with Gasteiger partial charge in [-0.1, -0.05) is 5.18 Å². The van der Waals surface area contributed by atoms with Crippen LogP contribution in [0.5, 0.6) is 0 Å². The summed E-state index contributed by atoms with van der Waals surface area (Å²) in [5.74, 6) is -0.511. The molecule has 0 radical (unpaired) electrons. The van der Waals surface area contributed by atoms with E-state index in [0.717, 1.165) is 0 Å². The number of fused-ring (bicyclic) bond motifs is 1. The first-order valence-electron chi connectivity index (χ1n) is 5.53. The highest BCUT2D eigenvalue weighted by atomic mass is 16.3. The number of carbonyl (C=O) groups is 1. The second-order valence-electron chi connectivity index (χ2n) is 4.81. The van der Waals surface area contributed by atoms with E-state index >= 15 is 0 Å². The minimum Gasteiger partial charge on any atom is -0.366 e. The number of hydrogen-bond donors (Lipinski definition) is 1. The number of nitrogens with two attached hydrogens (primary N) is 1. The second-order valence-corrected chi connectivity index (χ2v) is 4.81. The van der Waals surface area contributed by atoms with Gasteiger partial charge in [-0.05, 0) is 26.0 Å². The molecule has 0 aliphatic rings. The largest absolute Gasteiger partial charge is 0.366 e. The van der Waals surface area contributed by atoms with Crippen molar-refractivity contribution in [1.82, 2.24) is 9.55 Å². The molecule has 6 nitrogen and oxygen atoms in total. The minimum atomic E-state index is -0.765. The summed E-state index contributed by atoms with van der Waals surface area (Å²) < 4.78 is 1.73. The number of primary amides is 1. The number of carbonyl (C=O) groups excluding carboxylic acids is 1. The van der Waals surface area contributed by atoms with Gasteiger partial charge in [-0.2, -0.15) is 4.91 Å². The number of rotatable bonds is 4. The zero-order valence-corrected chi connectivity index (χ0v) is 10.3. The monoisotopic (exact) mass is 246 g/mol. The molecule has 2 N–H and O–H groups in total. The van der Waals surface area contributed by atoms with Crippen molar-refractivity contribution in [3.05, 3.63) is 35.0 Å². The summed E-state index contributed by atoms with van der Waals surface area (Å²) in [6, 6.07) is 3.52. The molecule has 0 aromatic carbocycles. The second kappa shape index (κ2) is 4.21. The topological polar surface area (TPSA) is 90.3 Å². The molecule has 0 saturated heterocycles. The van der Waals surface area contributed by atoms with Crippen LogP contribution in [-0.4, -0.2) is 21.0 Å². The lowest BCUT2D eigenvalue weighted by molar-refractivity contribution is 0.100. The van der Waals surface area contributed by atoms with E-state index in [0.29, 0.717) is 23.1 Å². The zero-order chi connectivity index (χ0) is 13.3. The molecule has 1 amide bonds. The van der Waals surface area contributed by atoms with Gasteiger partial charge in [-0.15, -0.1) is 0 Å². The molecule has 2 aromatic heterocycles. The van der Waals surface area contributed by atoms with E-state index in [1.807, 2.05) is 0 Å². The average molecular weight is 246 g/mol. The summed E-state index contributed by atoms with van der Waals surface area (Å²) >= 11 is 0. The maximum atomic E-state index is 11.4. The van der Waals surface area contributed by atoms with E-state index in [1.165, 1.54) is 0 Å². The van der Waals surface area contributed by atoms with Crippen molar-refractivity contribution in [2.24, 2.45) is 10.9 Å². The molecule has 2 heterocycles. The minimum absolute atomic E-state index is 0.345. The van der Waals surface area contributed by atoms with Crippen molar-refractivity contribution in [2.75, 3.05) is 0 Å². The molecule has 0 bridgehead atoms. The first kappa shape index (κ1) is 12.2. The molecular weight excluding hydrogens is 232 g/mol. The predicted molar refractivity (Wildman–Crippen MR) is 68.1 cm³/mol. The standard InChI is InChI=1S/C12H14N4O2/c1-12(2,15-18)7-16-6-9(10(13)17)8-4-3-5-14-11(8)16/h3-6H,7H2,1-2H3,(H2,13,17). The highest BCUT2D eigenvalue weighted by Crippen LogP contribution is 2.22. The first-order chi connectivity index (χ1) is 8.44. The fraction of sp³-hybridized carbons (Fsp3) is 0.333. The van der Waals surface area contributed by atoms with Crippen LogP contribution in [0, 0.1) is 4.91 Å². The Morgan fingerprint density at radius 3 is 2.89 bits per heavy atom. The van der Waals surface area contributed by atoms with Crippen molar-refractivity contribution in [2.45, 2.75) is 25.9 Å². The van der Waals surface area contributed by atoms with Crippen LogP contribution in [-0.2, 0) is 6.54 Å². The molecule has 0 spiro atoms. The van der Waals surface area contributed by atoms with Gasteiger partial charge in [0.15, 0.2) is 0 Å². The number of nitrogens with zero attached hydrogens (tertiary/aromatic N) is 3. The van der Waals surface area contributed by atoms with Crippen LogP contribution in [0.15, 0.2) is 29.7 Å². The van der Waals surface area contributed by atoms with Crippen molar-refractivity contribution < 1.29 is 4.79 Å². The van der Waals surface area contributed by atoms with Crippen molar-refractivity contribution in [1.29, 1.82) is 0 Å². The van der Waals surface area contributed by atoms with Gasteiger partial charge < -0.3 is 10.3 Å². The molecular formula is C12H14N4O2. The van der Waals surface area contributed by atoms with Crippen molar-refractivity contribution in [3.63, 3.8) is 0 Å². The molecule has 0 saturated carbocycles. The quantitative estimate of drug-likeness (QED) is 0.832. The number of pyridine rings is 1. The normalized spacial score (nSPS) is 11.7. The smallest absolute Gasteiger partial charge is 0.250 e. The van der Waals surface area contributed by atoms with Crippen LogP contribution in [0.1, 0.15) is 24.2 Å². The van der Waals surface area contributed by atoms with Gasteiger partial charge >= 0.3 is 0 Å². The molecule has 0 fully saturated rings. The van der Waals surface area contributed by atoms with Gasteiger partial charge in [-0.3, -0.25) is 4.79 Å². The summed E-state index contributed by atoms with van der Waals surface area (Å²) in [4.78, 5) is 26.3. The maximum absolute atomic E-state index is 11.4. The van der Waals surface area contributed by atoms with Gasteiger partial charge in [0.1, 0.15) is 11.2 Å². The van der Waals surface area contributed by atoms with Crippen LogP contribution in [0.2, 0.25) is 0 Å². The van der Waals surface area contributed by atoms with E-state index < -0.39 is 11.4 Å². The first-order valence-corrected chi connectivity index (χ1v) is 5.53. The molecule has 0 aliphatic carbocycles. The summed E-state index contributed by atoms with van der Waals surface area (Å²) in [7, 11) is 0. The lowest BCUT2D eigenvalue weighted by Crippen LogP contribution is -2.23. The highest BCUT2D eigenvalue weighted by molar-refractivity contribution is 6.05. The zero-order valence-electron chi connectivity index (χ0n) is 10.3. The van der Waals surface area contributed by atoms with E-state index in [-0.39, 0.29) is 0 Å². The summed E-state index contributed by atoms with van der Waals surface area (Å²) in [5.41, 5.74) is 5.59. The van der Waals surface area contributed by atoms with Crippen LogP contribution in [0.25, 0.3) is 11.0 Å². The Balaban J connectivity index is 2.58. The molecule has 2 aromatic rings. The van der Waals surface area contributed by atoms with Crippen LogP contribution < -0.4 is 5.73 Å². The van der Waals surface area contributed by atoms with Crippen molar-refractivity contribution in [3.8, 4) is 0 Å². The van der Waals surface area contributed by atoms with Crippen LogP contribution >= 0.6 is 0 Å². The number of hydrogen-bond acceptors (Lipinski definition) is 4. The lowest BCUT2D eigenvalue weighted by atomic mass is 10.1. The third-order valence-electron chi connectivity index (χ3n) is 2.70. The van der Waals surface area contributed by atoms with Gasteiger partial charge in [0, 0.05) is 17.8 Å². The summed E-state index contributed by atoms with van der Waals surface area (Å²) in [5, 5.41) is 3.75. The van der Waals surface area contributed by atoms with Gasteiger partial charge in [-0.25, -0.2) is 4.98 Å². The number of aromatic nitrogens is 2. The van der Waals surface area contributed by atoms with E-state index in [2.05, 4.69) is 10.2 Å². The predicted octanol–water partition coefficient (Wildman–Crippen LogP) is 1.68. The van der Waals surface area contributed by atoms with Gasteiger partial charge in [0.05, 0.1) is 12.1 Å². The highest BCUT2D eigenvalue weighted by Gasteiger charge is 2.22. The summed E-state index contributed by atoms with van der Waals surface area (Å²) in [6.45, 7) is 3.79. The molecule has 94 valence electrons. The molecule has 18 heavy (non-hydrogen) atoms. The van der Waals surface area contributed by atoms with E-state index in [4.69, 9.17) is 5.73 Å². The number of amides is 1. The fourth-order valence-corrected chi connectivity index (χ4v) is 1.89. The van der Waals surface area contributed by atoms with Crippen LogP contribution in [0.3, 0.4) is 0 Å². The van der Waals surface area contributed by atoms with E-state index in [9.17, 15) is 9.70 Å².